The number of pyridine rings is 1. The van der Waals surface area contributed by atoms with E-state index in [1.165, 1.54) is 0 Å². The molecule has 2 heterocycles. The average molecular weight is 225 g/mol. The van der Waals surface area contributed by atoms with E-state index in [1.54, 1.807) is 18.8 Å². The van der Waals surface area contributed by atoms with Gasteiger partial charge in [0.05, 0.1) is 13.7 Å². The van der Waals surface area contributed by atoms with Crippen LogP contribution >= 0.6 is 0 Å². The molecule has 0 radical (unpaired) electrons. The number of rotatable bonds is 4. The van der Waals surface area contributed by atoms with Crippen molar-refractivity contribution in [3.8, 4) is 5.88 Å². The molecule has 88 valence electrons. The molecule has 1 aliphatic heterocycles. The fraction of sp³-hybridized carbons (Fsp3) is 0.545. The van der Waals surface area contributed by atoms with Crippen molar-refractivity contribution in [2.24, 2.45) is 0 Å². The maximum atomic E-state index is 5.79. The highest BCUT2D eigenvalue weighted by Gasteiger charge is 2.19. The second kappa shape index (κ2) is 5.79. The molecule has 5 heteroatoms. The van der Waals surface area contributed by atoms with E-state index in [0.717, 1.165) is 25.1 Å². The smallest absolute Gasteiger partial charge is 0.280 e. The van der Waals surface area contributed by atoms with E-state index >= 15 is 0 Å². The Morgan fingerprint density at radius 1 is 1.56 bits per heavy atom. The molecule has 1 atom stereocenters. The van der Waals surface area contributed by atoms with Gasteiger partial charge in [0.1, 0.15) is 6.10 Å². The molecule has 0 saturated carbocycles. The summed E-state index contributed by atoms with van der Waals surface area (Å²) in [5.41, 5.74) is 2.49. The van der Waals surface area contributed by atoms with Crippen molar-refractivity contribution in [3.05, 3.63) is 18.3 Å². The van der Waals surface area contributed by atoms with Crippen LogP contribution in [0.25, 0.3) is 0 Å². The minimum Gasteiger partial charge on any atom is -0.468 e. The van der Waals surface area contributed by atoms with Crippen LogP contribution in [0.3, 0.4) is 0 Å². The molecule has 1 aromatic rings. The summed E-state index contributed by atoms with van der Waals surface area (Å²) in [6, 6.07) is 3.77. The largest absolute Gasteiger partial charge is 0.468 e. The van der Waals surface area contributed by atoms with Crippen LogP contribution in [-0.4, -0.2) is 31.4 Å². The number of hydrogen-bond acceptors (Lipinski definition) is 4. The van der Waals surface area contributed by atoms with Gasteiger partial charge in [0, 0.05) is 18.9 Å². The Balaban J connectivity index is 2.01. The van der Waals surface area contributed by atoms with E-state index in [2.05, 4.69) is 4.98 Å². The summed E-state index contributed by atoms with van der Waals surface area (Å²) < 4.78 is 11.2. The Labute approximate surface area is 94.7 Å². The first-order valence-electron chi connectivity index (χ1n) is 5.45. The van der Waals surface area contributed by atoms with Crippen molar-refractivity contribution in [1.82, 2.24) is 4.98 Å². The lowest BCUT2D eigenvalue weighted by Crippen LogP contribution is -2.76. The Hall–Kier alpha value is -1.17. The minimum absolute atomic E-state index is 0.104. The van der Waals surface area contributed by atoms with Crippen LogP contribution in [0, 0.1) is 0 Å². The van der Waals surface area contributed by atoms with Gasteiger partial charge in [0.2, 0.25) is 5.69 Å². The number of nitrogens with zero attached hydrogens (tertiary/aromatic N) is 1. The van der Waals surface area contributed by atoms with E-state index in [-0.39, 0.29) is 6.10 Å². The van der Waals surface area contributed by atoms with E-state index < -0.39 is 0 Å². The molecule has 16 heavy (non-hydrogen) atoms. The van der Waals surface area contributed by atoms with Crippen LogP contribution in [0.5, 0.6) is 5.88 Å². The van der Waals surface area contributed by atoms with Crippen molar-refractivity contribution in [1.29, 1.82) is 0 Å². The molecule has 0 bridgehead atoms. The molecular weight excluding hydrogens is 208 g/mol. The minimum atomic E-state index is 0.104. The first-order valence-corrected chi connectivity index (χ1v) is 5.45. The van der Waals surface area contributed by atoms with E-state index in [4.69, 9.17) is 14.3 Å². The Morgan fingerprint density at radius 3 is 3.25 bits per heavy atom. The maximum Gasteiger partial charge on any atom is 0.280 e. The third kappa shape index (κ3) is 2.91. The molecule has 2 N–H and O–H groups in total. The van der Waals surface area contributed by atoms with Gasteiger partial charge in [-0.2, -0.15) is 5.48 Å². The number of aromatic nitrogens is 1. The highest BCUT2D eigenvalue weighted by atomic mass is 16.6. The van der Waals surface area contributed by atoms with Crippen LogP contribution < -0.4 is 10.2 Å². The number of ether oxygens (including phenoxy) is 2. The Bertz CT molecular complexity index is 327. The van der Waals surface area contributed by atoms with Gasteiger partial charge in [-0.05, 0) is 18.9 Å². The molecule has 0 unspecified atom stereocenters. The summed E-state index contributed by atoms with van der Waals surface area (Å²) in [6.45, 7) is 1.47. The molecule has 5 nitrogen and oxygen atoms in total. The molecule has 1 saturated heterocycles. The second-order valence-corrected chi connectivity index (χ2v) is 3.71. The first-order chi connectivity index (χ1) is 7.90. The summed E-state index contributed by atoms with van der Waals surface area (Å²) in [4.78, 5) is 9.18. The van der Waals surface area contributed by atoms with E-state index in [1.807, 2.05) is 12.1 Å². The zero-order valence-electron chi connectivity index (χ0n) is 9.39. The number of hydrogen-bond donors (Lipinski definition) is 1. The predicted molar refractivity (Wildman–Crippen MR) is 57.3 cm³/mol. The van der Waals surface area contributed by atoms with Gasteiger partial charge in [-0.1, -0.05) is 0 Å². The lowest BCUT2D eigenvalue weighted by Gasteiger charge is -2.22. The van der Waals surface area contributed by atoms with Gasteiger partial charge in [-0.15, -0.1) is 0 Å². The molecule has 1 aromatic heterocycles. The summed E-state index contributed by atoms with van der Waals surface area (Å²) in [5.74, 6) is 0.611. The van der Waals surface area contributed by atoms with Crippen LogP contribution in [-0.2, 0) is 9.57 Å². The van der Waals surface area contributed by atoms with Crippen LogP contribution in [0.1, 0.15) is 12.8 Å². The molecular formula is C11H17N2O3+. The van der Waals surface area contributed by atoms with E-state index in [0.29, 0.717) is 12.5 Å². The van der Waals surface area contributed by atoms with Crippen LogP contribution in [0.2, 0.25) is 0 Å². The Morgan fingerprint density at radius 2 is 2.50 bits per heavy atom. The monoisotopic (exact) mass is 225 g/mol. The molecule has 0 aromatic carbocycles. The predicted octanol–water partition coefficient (Wildman–Crippen LogP) is 0.396. The quantitative estimate of drug-likeness (QED) is 0.753. The first kappa shape index (κ1) is 11.3. The molecule has 0 amide bonds. The van der Waals surface area contributed by atoms with Gasteiger partial charge in [-0.25, -0.2) is 9.82 Å². The highest BCUT2D eigenvalue weighted by molar-refractivity contribution is 5.38. The van der Waals surface area contributed by atoms with Crippen molar-refractivity contribution in [2.45, 2.75) is 18.9 Å². The van der Waals surface area contributed by atoms with E-state index in [9.17, 15) is 0 Å². The van der Waals surface area contributed by atoms with Gasteiger partial charge >= 0.3 is 0 Å². The topological polar surface area (TPSA) is 57.2 Å². The summed E-state index contributed by atoms with van der Waals surface area (Å²) in [6.07, 6.45) is 3.88. The molecule has 1 fully saturated rings. The van der Waals surface area contributed by atoms with Gasteiger partial charge in [-0.3, -0.25) is 0 Å². The second-order valence-electron chi connectivity index (χ2n) is 3.71. The van der Waals surface area contributed by atoms with Crippen molar-refractivity contribution >= 4 is 5.69 Å². The molecule has 1 aliphatic rings. The average Bonchev–Trinajstić information content (AvgIpc) is 2.33. The molecule has 0 spiro atoms. The van der Waals surface area contributed by atoms with Crippen molar-refractivity contribution < 1.29 is 19.8 Å². The fourth-order valence-electron chi connectivity index (χ4n) is 1.68. The summed E-state index contributed by atoms with van der Waals surface area (Å²) in [7, 11) is 1.61. The zero-order chi connectivity index (χ0) is 11.2. The zero-order valence-corrected chi connectivity index (χ0v) is 9.39. The summed E-state index contributed by atoms with van der Waals surface area (Å²) >= 11 is 0. The SMILES string of the molecule is CO[NH2+]c1cccnc1O[C@@H]1CCCOC1. The third-order valence-electron chi connectivity index (χ3n) is 2.44. The van der Waals surface area contributed by atoms with Gasteiger partial charge in [0.25, 0.3) is 5.88 Å². The van der Waals surface area contributed by atoms with Crippen molar-refractivity contribution in [2.75, 3.05) is 20.3 Å². The maximum absolute atomic E-state index is 5.79. The molecule has 2 rings (SSSR count). The lowest BCUT2D eigenvalue weighted by molar-refractivity contribution is -0.830. The van der Waals surface area contributed by atoms with Gasteiger partial charge in [0.15, 0.2) is 0 Å². The molecule has 0 aliphatic carbocycles. The normalized spacial score (nSPS) is 20.7. The fourth-order valence-corrected chi connectivity index (χ4v) is 1.68. The Kier molecular flexibility index (Phi) is 4.10. The standard InChI is InChI=1S/C11H16N2O3/c1-14-13-10-5-2-6-12-11(10)16-9-4-3-7-15-8-9/h2,5-6,9,13H,3-4,7-8H2,1H3/p+1/t9-/m1/s1. The summed E-state index contributed by atoms with van der Waals surface area (Å²) in [5, 5.41) is 0. The van der Waals surface area contributed by atoms with Crippen LogP contribution in [0.4, 0.5) is 5.69 Å². The lowest BCUT2D eigenvalue weighted by atomic mass is 10.2. The number of nitrogens with two attached hydrogens (primary N) is 1. The van der Waals surface area contributed by atoms with Crippen LogP contribution in [0.15, 0.2) is 18.3 Å². The third-order valence-corrected chi connectivity index (χ3v) is 2.44. The van der Waals surface area contributed by atoms with Crippen molar-refractivity contribution in [3.63, 3.8) is 0 Å². The van der Waals surface area contributed by atoms with Gasteiger partial charge < -0.3 is 9.47 Å². The number of quaternary nitrogens is 1. The highest BCUT2D eigenvalue weighted by Crippen LogP contribution is 2.19.